The van der Waals surface area contributed by atoms with Crippen molar-refractivity contribution in [2.24, 2.45) is 0 Å². The van der Waals surface area contributed by atoms with Gasteiger partial charge in [-0.05, 0) is 12.1 Å². The topological polar surface area (TPSA) is 26.7 Å². The van der Waals surface area contributed by atoms with Gasteiger partial charge in [0, 0.05) is 32.7 Å². The van der Waals surface area contributed by atoms with Crippen molar-refractivity contribution in [1.29, 1.82) is 0 Å². The summed E-state index contributed by atoms with van der Waals surface area (Å²) < 4.78 is 0. The highest BCUT2D eigenvalue weighted by Crippen LogP contribution is 2.14. The van der Waals surface area contributed by atoms with Crippen LogP contribution in [-0.4, -0.2) is 54.2 Å². The van der Waals surface area contributed by atoms with Crippen LogP contribution in [0.4, 0.5) is 0 Å². The van der Waals surface area contributed by atoms with Crippen molar-refractivity contribution < 1.29 is 5.11 Å². The second-order valence-electron chi connectivity index (χ2n) is 4.66. The third-order valence-corrected chi connectivity index (χ3v) is 3.53. The first-order valence-corrected chi connectivity index (χ1v) is 6.47. The molecule has 1 unspecified atom stereocenters. The average molecular weight is 234 g/mol. The highest BCUT2D eigenvalue weighted by Gasteiger charge is 2.18. The molecule has 2 rings (SSSR count). The maximum atomic E-state index is 10.1. The van der Waals surface area contributed by atoms with E-state index >= 15 is 0 Å². The van der Waals surface area contributed by atoms with Gasteiger partial charge in [-0.15, -0.1) is 0 Å². The van der Waals surface area contributed by atoms with Crippen molar-refractivity contribution in [3.05, 3.63) is 35.9 Å². The fraction of sp³-hybridized carbons (Fsp3) is 0.571. The van der Waals surface area contributed by atoms with E-state index in [1.807, 2.05) is 30.3 Å². The number of piperazine rings is 1. The van der Waals surface area contributed by atoms with Crippen LogP contribution in [0.5, 0.6) is 0 Å². The Hall–Kier alpha value is -0.900. The van der Waals surface area contributed by atoms with Gasteiger partial charge in [-0.3, -0.25) is 4.90 Å². The number of hydrogen-bond donors (Lipinski definition) is 1. The van der Waals surface area contributed by atoms with Gasteiger partial charge in [0.1, 0.15) is 0 Å². The lowest BCUT2D eigenvalue weighted by Crippen LogP contribution is -2.47. The molecule has 1 fully saturated rings. The molecular weight excluding hydrogens is 212 g/mol. The van der Waals surface area contributed by atoms with Crippen molar-refractivity contribution in [2.45, 2.75) is 13.0 Å². The Kier molecular flexibility index (Phi) is 4.54. The molecule has 0 spiro atoms. The van der Waals surface area contributed by atoms with Crippen LogP contribution in [0.1, 0.15) is 18.6 Å². The van der Waals surface area contributed by atoms with Gasteiger partial charge in [0.2, 0.25) is 0 Å². The molecule has 0 amide bonds. The molecule has 1 heterocycles. The van der Waals surface area contributed by atoms with Crippen LogP contribution in [-0.2, 0) is 0 Å². The zero-order valence-corrected chi connectivity index (χ0v) is 10.5. The minimum Gasteiger partial charge on any atom is -0.387 e. The maximum Gasteiger partial charge on any atom is 0.0916 e. The molecule has 17 heavy (non-hydrogen) atoms. The Morgan fingerprint density at radius 3 is 2.24 bits per heavy atom. The number of rotatable bonds is 4. The lowest BCUT2D eigenvalue weighted by molar-refractivity contribution is 0.0744. The molecule has 3 nitrogen and oxygen atoms in total. The summed E-state index contributed by atoms with van der Waals surface area (Å²) in [5, 5.41) is 10.1. The maximum absolute atomic E-state index is 10.1. The van der Waals surface area contributed by atoms with Gasteiger partial charge in [-0.1, -0.05) is 37.3 Å². The van der Waals surface area contributed by atoms with E-state index in [0.717, 1.165) is 44.8 Å². The Bertz CT molecular complexity index is 320. The third kappa shape index (κ3) is 3.53. The first-order chi connectivity index (χ1) is 8.29. The second-order valence-corrected chi connectivity index (χ2v) is 4.66. The lowest BCUT2D eigenvalue weighted by Gasteiger charge is -2.35. The van der Waals surface area contributed by atoms with Crippen molar-refractivity contribution in [3.63, 3.8) is 0 Å². The lowest BCUT2D eigenvalue weighted by atomic mass is 10.1. The van der Waals surface area contributed by atoms with Gasteiger partial charge in [-0.25, -0.2) is 0 Å². The van der Waals surface area contributed by atoms with Crippen molar-refractivity contribution in [2.75, 3.05) is 39.3 Å². The van der Waals surface area contributed by atoms with E-state index in [4.69, 9.17) is 0 Å². The van der Waals surface area contributed by atoms with Crippen molar-refractivity contribution in [1.82, 2.24) is 9.80 Å². The standard InChI is InChI=1S/C14H22N2O/c1-2-15-8-10-16(11-9-15)12-14(17)13-6-4-3-5-7-13/h3-7,14,17H,2,8-12H2,1H3. The van der Waals surface area contributed by atoms with Crippen LogP contribution in [0, 0.1) is 0 Å². The minimum atomic E-state index is -0.357. The average Bonchev–Trinajstić information content (AvgIpc) is 2.40. The fourth-order valence-corrected chi connectivity index (χ4v) is 2.31. The van der Waals surface area contributed by atoms with Crippen LogP contribution in [0.15, 0.2) is 30.3 Å². The number of nitrogens with zero attached hydrogens (tertiary/aromatic N) is 2. The summed E-state index contributed by atoms with van der Waals surface area (Å²) in [6.45, 7) is 8.47. The Balaban J connectivity index is 1.82. The third-order valence-electron chi connectivity index (χ3n) is 3.53. The van der Waals surface area contributed by atoms with E-state index in [9.17, 15) is 5.11 Å². The molecule has 0 bridgehead atoms. The summed E-state index contributed by atoms with van der Waals surface area (Å²) in [6, 6.07) is 9.93. The van der Waals surface area contributed by atoms with Crippen LogP contribution >= 0.6 is 0 Å². The molecule has 0 saturated carbocycles. The SMILES string of the molecule is CCN1CCN(CC(O)c2ccccc2)CC1. The Morgan fingerprint density at radius 2 is 1.65 bits per heavy atom. The van der Waals surface area contributed by atoms with E-state index in [0.29, 0.717) is 0 Å². The van der Waals surface area contributed by atoms with Crippen LogP contribution in [0.3, 0.4) is 0 Å². The number of β-amino-alcohol motifs (C(OH)–C–C–N with tert-alkyl or cyclic N) is 1. The fourth-order valence-electron chi connectivity index (χ4n) is 2.31. The van der Waals surface area contributed by atoms with E-state index in [1.54, 1.807) is 0 Å². The van der Waals surface area contributed by atoms with E-state index in [-0.39, 0.29) is 6.10 Å². The highest BCUT2D eigenvalue weighted by molar-refractivity contribution is 5.17. The molecule has 0 aromatic heterocycles. The Labute approximate surface area is 104 Å². The van der Waals surface area contributed by atoms with E-state index in [2.05, 4.69) is 16.7 Å². The first kappa shape index (κ1) is 12.6. The number of aliphatic hydroxyl groups excluding tert-OH is 1. The van der Waals surface area contributed by atoms with Crippen LogP contribution in [0.25, 0.3) is 0 Å². The smallest absolute Gasteiger partial charge is 0.0916 e. The number of likely N-dealkylation sites (N-methyl/N-ethyl adjacent to an activating group) is 1. The molecule has 0 radical (unpaired) electrons. The molecule has 1 N–H and O–H groups in total. The Morgan fingerprint density at radius 1 is 1.06 bits per heavy atom. The minimum absolute atomic E-state index is 0.357. The molecule has 94 valence electrons. The van der Waals surface area contributed by atoms with Gasteiger partial charge in [0.25, 0.3) is 0 Å². The predicted molar refractivity (Wildman–Crippen MR) is 70.0 cm³/mol. The molecule has 1 aliphatic heterocycles. The number of benzene rings is 1. The zero-order chi connectivity index (χ0) is 12.1. The largest absolute Gasteiger partial charge is 0.387 e. The van der Waals surface area contributed by atoms with Gasteiger partial charge in [0.05, 0.1) is 6.10 Å². The van der Waals surface area contributed by atoms with E-state index < -0.39 is 0 Å². The van der Waals surface area contributed by atoms with Gasteiger partial charge < -0.3 is 10.0 Å². The van der Waals surface area contributed by atoms with Crippen molar-refractivity contribution in [3.8, 4) is 0 Å². The van der Waals surface area contributed by atoms with E-state index in [1.165, 1.54) is 0 Å². The van der Waals surface area contributed by atoms with Crippen molar-refractivity contribution >= 4 is 0 Å². The normalized spacial score (nSPS) is 20.4. The summed E-state index contributed by atoms with van der Waals surface area (Å²) in [5.74, 6) is 0. The van der Waals surface area contributed by atoms with Gasteiger partial charge >= 0.3 is 0 Å². The molecule has 1 aliphatic rings. The molecule has 1 aromatic carbocycles. The summed E-state index contributed by atoms with van der Waals surface area (Å²) in [4.78, 5) is 4.80. The molecule has 1 saturated heterocycles. The van der Waals surface area contributed by atoms with Gasteiger partial charge in [-0.2, -0.15) is 0 Å². The molecule has 1 aromatic rings. The predicted octanol–water partition coefficient (Wildman–Crippen LogP) is 1.36. The quantitative estimate of drug-likeness (QED) is 0.852. The second kappa shape index (κ2) is 6.15. The summed E-state index contributed by atoms with van der Waals surface area (Å²) in [5.41, 5.74) is 1.02. The molecule has 1 atom stereocenters. The number of aliphatic hydroxyl groups is 1. The van der Waals surface area contributed by atoms with Gasteiger partial charge in [0.15, 0.2) is 0 Å². The van der Waals surface area contributed by atoms with Crippen LogP contribution < -0.4 is 0 Å². The zero-order valence-electron chi connectivity index (χ0n) is 10.5. The monoisotopic (exact) mass is 234 g/mol. The summed E-state index contributed by atoms with van der Waals surface area (Å²) >= 11 is 0. The van der Waals surface area contributed by atoms with Crippen LogP contribution in [0.2, 0.25) is 0 Å². The molecule has 0 aliphatic carbocycles. The summed E-state index contributed by atoms with van der Waals surface area (Å²) in [6.07, 6.45) is -0.357. The highest BCUT2D eigenvalue weighted by atomic mass is 16.3. The number of hydrogen-bond acceptors (Lipinski definition) is 3. The first-order valence-electron chi connectivity index (χ1n) is 6.47. The molecular formula is C14H22N2O. The summed E-state index contributed by atoms with van der Waals surface area (Å²) in [7, 11) is 0. The molecule has 3 heteroatoms.